The van der Waals surface area contributed by atoms with E-state index in [-0.39, 0.29) is 6.61 Å². The van der Waals surface area contributed by atoms with Crippen LogP contribution in [0.1, 0.15) is 39.5 Å². The molecule has 5 rings (SSSR count). The van der Waals surface area contributed by atoms with Crippen molar-refractivity contribution in [2.45, 2.75) is 69.2 Å². The van der Waals surface area contributed by atoms with Crippen molar-refractivity contribution in [2.24, 2.45) is 0 Å². The number of rotatable bonds is 10. The molecule has 0 saturated carbocycles. The summed E-state index contributed by atoms with van der Waals surface area (Å²) in [6, 6.07) is 18.4. The highest BCUT2D eigenvalue weighted by Crippen LogP contribution is 2.36. The van der Waals surface area contributed by atoms with Gasteiger partial charge in [0.1, 0.15) is 18.8 Å². The Kier molecular flexibility index (Phi) is 9.83. The average Bonchev–Trinajstić information content (AvgIpc) is 3.61. The third-order valence-electron chi connectivity index (χ3n) is 6.93. The van der Waals surface area contributed by atoms with Gasteiger partial charge in [0, 0.05) is 44.4 Å². The number of nitrogens with one attached hydrogen (secondary N) is 2. The molecule has 14 heteroatoms. The zero-order valence-electron chi connectivity index (χ0n) is 25.1. The van der Waals surface area contributed by atoms with Gasteiger partial charge in [-0.05, 0) is 17.7 Å². The van der Waals surface area contributed by atoms with E-state index < -0.39 is 54.4 Å². The van der Waals surface area contributed by atoms with Gasteiger partial charge in [-0.15, -0.1) is 5.10 Å². The number of aromatic nitrogens is 4. The number of hydrogen-bond donors (Lipinski definition) is 2. The summed E-state index contributed by atoms with van der Waals surface area (Å²) >= 11 is 1.40. The molecule has 236 valence electrons. The third kappa shape index (κ3) is 7.70. The van der Waals surface area contributed by atoms with Gasteiger partial charge in [0.2, 0.25) is 11.1 Å². The minimum absolute atomic E-state index is 0.333. The maximum Gasteiger partial charge on any atom is 0.303 e. The number of carbonyl (C=O) groups excluding carboxylic acids is 4. The van der Waals surface area contributed by atoms with E-state index >= 15 is 0 Å². The summed E-state index contributed by atoms with van der Waals surface area (Å²) in [5, 5.41) is 8.95. The van der Waals surface area contributed by atoms with Crippen LogP contribution in [0.2, 0.25) is 0 Å². The Hall–Kier alpha value is -4.69. The summed E-state index contributed by atoms with van der Waals surface area (Å²) in [6.45, 7) is 4.58. The molecule has 2 aromatic heterocycles. The lowest BCUT2D eigenvalue weighted by Gasteiger charge is -2.45. The van der Waals surface area contributed by atoms with Crippen molar-refractivity contribution in [1.82, 2.24) is 25.1 Å². The molecular weight excluding hydrogens is 602 g/mol. The van der Waals surface area contributed by atoms with E-state index in [9.17, 15) is 19.2 Å². The molecule has 5 atom stereocenters. The molecule has 1 amide bonds. The molecule has 3 heterocycles. The van der Waals surface area contributed by atoms with Crippen LogP contribution < -0.4 is 5.32 Å². The molecule has 1 fully saturated rings. The normalized spacial score (nSPS) is 21.2. The highest BCUT2D eigenvalue weighted by atomic mass is 32.2. The van der Waals surface area contributed by atoms with Gasteiger partial charge in [0.05, 0.1) is 5.69 Å². The smallest absolute Gasteiger partial charge is 0.303 e. The standard InChI is InChI=1S/C31H33N5O8S/c1-17(37)32-26-28(43-20(4)40)27(42-19(3)39)25(15-41-18(2)38)44-30(26)36-29(24-14-22-12-8-9-13-23(22)33-24)34-31(35-36)45-16-21-10-6-5-7-11-21/h5-14,25-28,30,33H,15-16H2,1-4H3,(H,32,37)/t25-,26-,27-,28-,30-/m1/s1. The summed E-state index contributed by atoms with van der Waals surface area (Å²) in [4.78, 5) is 57.1. The highest BCUT2D eigenvalue weighted by Gasteiger charge is 2.52. The predicted octanol–water partition coefficient (Wildman–Crippen LogP) is 3.55. The molecule has 0 bridgehead atoms. The maximum absolute atomic E-state index is 12.5. The average molecular weight is 636 g/mol. The van der Waals surface area contributed by atoms with Gasteiger partial charge in [0.25, 0.3) is 0 Å². The zero-order valence-corrected chi connectivity index (χ0v) is 25.9. The zero-order chi connectivity index (χ0) is 32.1. The van der Waals surface area contributed by atoms with Gasteiger partial charge in [-0.25, -0.2) is 4.68 Å². The minimum Gasteiger partial charge on any atom is -0.463 e. The van der Waals surface area contributed by atoms with Crippen molar-refractivity contribution >= 4 is 46.5 Å². The quantitative estimate of drug-likeness (QED) is 0.149. The number of aromatic amines is 1. The van der Waals surface area contributed by atoms with Gasteiger partial charge < -0.3 is 29.2 Å². The van der Waals surface area contributed by atoms with Gasteiger partial charge in [-0.3, -0.25) is 19.2 Å². The Morgan fingerprint density at radius 2 is 1.62 bits per heavy atom. The first kappa shape index (κ1) is 31.7. The molecule has 45 heavy (non-hydrogen) atoms. The van der Waals surface area contributed by atoms with Crippen LogP contribution >= 0.6 is 11.8 Å². The number of para-hydroxylation sites is 1. The van der Waals surface area contributed by atoms with E-state index in [0.29, 0.717) is 22.4 Å². The summed E-state index contributed by atoms with van der Waals surface area (Å²) in [5.41, 5.74) is 2.55. The number of hydrogen-bond acceptors (Lipinski definition) is 11. The van der Waals surface area contributed by atoms with Gasteiger partial charge in [-0.1, -0.05) is 60.3 Å². The molecule has 1 aliphatic heterocycles. The fraction of sp³-hybridized carbons (Fsp3) is 0.355. The molecule has 2 N–H and O–H groups in total. The number of thioether (sulfide) groups is 1. The first-order chi connectivity index (χ1) is 21.6. The lowest BCUT2D eigenvalue weighted by molar-refractivity contribution is -0.239. The Balaban J connectivity index is 1.63. The Morgan fingerprint density at radius 1 is 0.933 bits per heavy atom. The highest BCUT2D eigenvalue weighted by molar-refractivity contribution is 7.98. The van der Waals surface area contributed by atoms with Crippen LogP contribution in [-0.2, 0) is 43.9 Å². The fourth-order valence-electron chi connectivity index (χ4n) is 5.16. The topological polar surface area (TPSA) is 164 Å². The summed E-state index contributed by atoms with van der Waals surface area (Å²) in [6.07, 6.45) is -4.72. The Labute approximate surface area is 263 Å². The van der Waals surface area contributed by atoms with Crippen molar-refractivity contribution in [3.8, 4) is 11.5 Å². The summed E-state index contributed by atoms with van der Waals surface area (Å²) in [5.74, 6) is -1.47. The first-order valence-corrected chi connectivity index (χ1v) is 15.2. The number of esters is 3. The lowest BCUT2D eigenvalue weighted by atomic mass is 9.95. The van der Waals surface area contributed by atoms with Crippen molar-refractivity contribution < 1.29 is 38.1 Å². The monoisotopic (exact) mass is 635 g/mol. The predicted molar refractivity (Wildman–Crippen MR) is 163 cm³/mol. The van der Waals surface area contributed by atoms with Crippen molar-refractivity contribution in [3.63, 3.8) is 0 Å². The summed E-state index contributed by atoms with van der Waals surface area (Å²) < 4.78 is 24.4. The Bertz CT molecular complexity index is 1660. The van der Waals surface area contributed by atoms with Crippen LogP contribution in [-0.4, -0.2) is 74.5 Å². The summed E-state index contributed by atoms with van der Waals surface area (Å²) in [7, 11) is 0. The minimum atomic E-state index is -1.24. The van der Waals surface area contributed by atoms with Crippen LogP contribution in [0.3, 0.4) is 0 Å². The number of fused-ring (bicyclic) bond motifs is 1. The molecule has 0 radical (unpaired) electrons. The maximum atomic E-state index is 12.5. The number of amides is 1. The fourth-order valence-corrected chi connectivity index (χ4v) is 5.94. The molecule has 1 saturated heterocycles. The second-order valence-electron chi connectivity index (χ2n) is 10.4. The third-order valence-corrected chi connectivity index (χ3v) is 7.83. The molecule has 1 aliphatic rings. The molecule has 13 nitrogen and oxygen atoms in total. The van der Waals surface area contributed by atoms with E-state index in [1.807, 2.05) is 60.7 Å². The number of carbonyl (C=O) groups is 4. The van der Waals surface area contributed by atoms with Gasteiger partial charge in [0.15, 0.2) is 24.3 Å². The van der Waals surface area contributed by atoms with Crippen molar-refractivity contribution in [3.05, 3.63) is 66.2 Å². The largest absolute Gasteiger partial charge is 0.463 e. The van der Waals surface area contributed by atoms with Crippen LogP contribution in [0.4, 0.5) is 0 Å². The van der Waals surface area contributed by atoms with Crippen LogP contribution in [0.5, 0.6) is 0 Å². The molecule has 0 aliphatic carbocycles. The van der Waals surface area contributed by atoms with E-state index in [1.165, 1.54) is 44.1 Å². The second-order valence-corrected chi connectivity index (χ2v) is 11.4. The van der Waals surface area contributed by atoms with Crippen LogP contribution in [0.25, 0.3) is 22.4 Å². The van der Waals surface area contributed by atoms with E-state index in [2.05, 4.69) is 10.3 Å². The van der Waals surface area contributed by atoms with Crippen LogP contribution in [0.15, 0.2) is 65.8 Å². The molecule has 0 unspecified atom stereocenters. The molecular formula is C31H33N5O8S. The van der Waals surface area contributed by atoms with Crippen molar-refractivity contribution in [1.29, 1.82) is 0 Å². The van der Waals surface area contributed by atoms with Crippen LogP contribution in [0, 0.1) is 0 Å². The molecule has 2 aromatic carbocycles. The molecule has 4 aromatic rings. The second kappa shape index (κ2) is 13.9. The Morgan fingerprint density at radius 3 is 2.29 bits per heavy atom. The SMILES string of the molecule is CC(=O)N[C@@H]1[C@@H](OC(C)=O)[C@H](OC(C)=O)[C@@H](COC(C)=O)O[C@H]1n1nc(SCc2ccccc2)nc1-c1cc2ccccc2[nH]1. The van der Waals surface area contributed by atoms with E-state index in [0.717, 1.165) is 16.5 Å². The van der Waals surface area contributed by atoms with Crippen molar-refractivity contribution in [2.75, 3.05) is 6.61 Å². The molecule has 0 spiro atoms. The van der Waals surface area contributed by atoms with Gasteiger partial charge >= 0.3 is 17.9 Å². The van der Waals surface area contributed by atoms with Gasteiger partial charge in [-0.2, -0.15) is 4.98 Å². The number of benzene rings is 2. The lowest BCUT2D eigenvalue weighted by Crippen LogP contribution is -2.64. The number of nitrogens with zero attached hydrogens (tertiary/aromatic N) is 3. The van der Waals surface area contributed by atoms with E-state index in [4.69, 9.17) is 29.0 Å². The van der Waals surface area contributed by atoms with E-state index in [1.54, 1.807) is 0 Å². The number of ether oxygens (including phenoxy) is 4. The first-order valence-electron chi connectivity index (χ1n) is 14.2. The number of H-pyrrole nitrogens is 1.